The molecule has 3 nitrogen and oxygen atoms in total. The van der Waals surface area contributed by atoms with Gasteiger partial charge in [0.15, 0.2) is 0 Å². The lowest BCUT2D eigenvalue weighted by Crippen LogP contribution is -1.87. The van der Waals surface area contributed by atoms with E-state index < -0.39 is 8.25 Å². The molecule has 0 amide bonds. The van der Waals surface area contributed by atoms with Gasteiger partial charge in [-0.3, -0.25) is 0 Å². The summed E-state index contributed by atoms with van der Waals surface area (Å²) in [4.78, 5) is 14.2. The Morgan fingerprint density at radius 2 is 0.875 bits per heavy atom. The van der Waals surface area contributed by atoms with Crippen LogP contribution in [-0.4, -0.2) is 9.79 Å². The molecule has 0 aliphatic rings. The summed E-state index contributed by atoms with van der Waals surface area (Å²) in [5.74, 6) is 0.900. The Hall–Kier alpha value is 0.0200. The van der Waals surface area contributed by atoms with E-state index in [9.17, 15) is 0 Å². The SMILES string of the molecule is CCCCCCCCCCCCCCCCCC(C)C.O=[P+](O)O. The highest BCUT2D eigenvalue weighted by Gasteiger charge is 1.96. The van der Waals surface area contributed by atoms with Gasteiger partial charge in [-0.15, -0.1) is 9.79 Å². The maximum absolute atomic E-state index is 8.70. The first-order chi connectivity index (χ1) is 11.5. The first kappa shape index (κ1) is 26.3. The van der Waals surface area contributed by atoms with Crippen LogP contribution in [0.2, 0.25) is 0 Å². The number of hydrogen-bond donors (Lipinski definition) is 2. The summed E-state index contributed by atoms with van der Waals surface area (Å²) in [6.07, 6.45) is 23.5. The minimum absolute atomic E-state index is 0.900. The van der Waals surface area contributed by atoms with Crippen LogP contribution in [0.3, 0.4) is 0 Å². The maximum Gasteiger partial charge on any atom is 0.692 e. The quantitative estimate of drug-likeness (QED) is 0.220. The van der Waals surface area contributed by atoms with Crippen LogP contribution in [0.5, 0.6) is 0 Å². The van der Waals surface area contributed by atoms with Gasteiger partial charge in [-0.05, 0) is 5.92 Å². The molecule has 24 heavy (non-hydrogen) atoms. The average molecular weight is 364 g/mol. The van der Waals surface area contributed by atoms with E-state index in [0.717, 1.165) is 5.92 Å². The van der Waals surface area contributed by atoms with Gasteiger partial charge in [0, 0.05) is 4.57 Å². The van der Waals surface area contributed by atoms with Crippen LogP contribution in [0.1, 0.15) is 124 Å². The molecule has 146 valence electrons. The molecule has 0 aromatic rings. The molecule has 0 atom stereocenters. The molecule has 0 unspecified atom stereocenters. The Morgan fingerprint density at radius 3 is 1.12 bits per heavy atom. The first-order valence-electron chi connectivity index (χ1n) is 10.4. The van der Waals surface area contributed by atoms with Crippen LogP contribution >= 0.6 is 8.25 Å². The van der Waals surface area contributed by atoms with Crippen molar-refractivity contribution in [3.63, 3.8) is 0 Å². The van der Waals surface area contributed by atoms with Crippen LogP contribution in [0.15, 0.2) is 0 Å². The zero-order valence-electron chi connectivity index (χ0n) is 16.6. The van der Waals surface area contributed by atoms with Crippen molar-refractivity contribution in [2.75, 3.05) is 0 Å². The van der Waals surface area contributed by atoms with Gasteiger partial charge in [0.1, 0.15) is 0 Å². The normalized spacial score (nSPS) is 10.6. The summed E-state index contributed by atoms with van der Waals surface area (Å²) in [5.41, 5.74) is 0. The van der Waals surface area contributed by atoms with Crippen molar-refractivity contribution >= 4 is 8.25 Å². The Balaban J connectivity index is 0. The summed E-state index contributed by atoms with van der Waals surface area (Å²) in [6.45, 7) is 6.97. The second-order valence-electron chi connectivity index (χ2n) is 7.39. The summed E-state index contributed by atoms with van der Waals surface area (Å²) in [6, 6.07) is 0. The lowest BCUT2D eigenvalue weighted by molar-refractivity contribution is 0.405. The summed E-state index contributed by atoms with van der Waals surface area (Å²) < 4.78 is 8.70. The van der Waals surface area contributed by atoms with Crippen molar-refractivity contribution in [2.24, 2.45) is 5.92 Å². The molecule has 0 saturated heterocycles. The fraction of sp³-hybridized carbons (Fsp3) is 1.00. The van der Waals surface area contributed by atoms with Gasteiger partial charge in [-0.1, -0.05) is 124 Å². The predicted octanol–water partition coefficient (Wildman–Crippen LogP) is 7.53. The monoisotopic (exact) mass is 363 g/mol. The molecule has 0 aromatic heterocycles. The third-order valence-corrected chi connectivity index (χ3v) is 4.39. The third kappa shape index (κ3) is 33.6. The zero-order chi connectivity index (χ0) is 18.5. The zero-order valence-corrected chi connectivity index (χ0v) is 17.5. The van der Waals surface area contributed by atoms with E-state index in [1.54, 1.807) is 0 Å². The smallest absolute Gasteiger partial charge is 0.134 e. The molecule has 0 saturated carbocycles. The van der Waals surface area contributed by atoms with Gasteiger partial charge in [0.2, 0.25) is 0 Å². The molecule has 4 heteroatoms. The lowest BCUT2D eigenvalue weighted by Gasteiger charge is -2.05. The molecular formula is C20H44O3P+. The molecule has 0 rings (SSSR count). The molecule has 0 aliphatic carbocycles. The fourth-order valence-corrected chi connectivity index (χ4v) is 2.92. The van der Waals surface area contributed by atoms with Crippen molar-refractivity contribution < 1.29 is 14.4 Å². The summed E-state index contributed by atoms with van der Waals surface area (Å²) in [5, 5.41) is 0. The van der Waals surface area contributed by atoms with Gasteiger partial charge in [0.25, 0.3) is 0 Å². The molecule has 0 radical (unpaired) electrons. The van der Waals surface area contributed by atoms with Crippen molar-refractivity contribution in [1.29, 1.82) is 0 Å². The number of hydrogen-bond acceptors (Lipinski definition) is 1. The summed E-state index contributed by atoms with van der Waals surface area (Å²) in [7, 11) is -2.87. The van der Waals surface area contributed by atoms with E-state index in [0.29, 0.717) is 0 Å². The van der Waals surface area contributed by atoms with Gasteiger partial charge in [-0.2, -0.15) is 0 Å². The van der Waals surface area contributed by atoms with Crippen LogP contribution in [0.4, 0.5) is 0 Å². The van der Waals surface area contributed by atoms with Crippen LogP contribution in [-0.2, 0) is 4.57 Å². The van der Waals surface area contributed by atoms with E-state index >= 15 is 0 Å². The minimum Gasteiger partial charge on any atom is -0.134 e. The Bertz CT molecular complexity index is 241. The first-order valence-corrected chi connectivity index (χ1v) is 11.5. The van der Waals surface area contributed by atoms with Crippen LogP contribution in [0, 0.1) is 5.92 Å². The fourth-order valence-electron chi connectivity index (χ4n) is 2.92. The van der Waals surface area contributed by atoms with Crippen molar-refractivity contribution in [3.05, 3.63) is 0 Å². The predicted molar refractivity (Wildman–Crippen MR) is 106 cm³/mol. The number of rotatable bonds is 16. The van der Waals surface area contributed by atoms with E-state index in [1.165, 1.54) is 103 Å². The van der Waals surface area contributed by atoms with Gasteiger partial charge in [0.05, 0.1) is 0 Å². The molecule has 0 heterocycles. The van der Waals surface area contributed by atoms with Crippen LogP contribution in [0.25, 0.3) is 0 Å². The molecule has 0 bridgehead atoms. The van der Waals surface area contributed by atoms with E-state index in [1.807, 2.05) is 0 Å². The number of unbranched alkanes of at least 4 members (excludes halogenated alkanes) is 14. The molecule has 0 aliphatic heterocycles. The molecule has 0 fully saturated rings. The topological polar surface area (TPSA) is 57.5 Å². The van der Waals surface area contributed by atoms with Gasteiger partial charge in [-0.25, -0.2) is 0 Å². The lowest BCUT2D eigenvalue weighted by atomic mass is 10.0. The molecule has 0 spiro atoms. The third-order valence-electron chi connectivity index (χ3n) is 4.39. The van der Waals surface area contributed by atoms with Crippen molar-refractivity contribution in [3.8, 4) is 0 Å². The van der Waals surface area contributed by atoms with Crippen molar-refractivity contribution in [1.82, 2.24) is 0 Å². The second kappa shape index (κ2) is 23.0. The molecular weight excluding hydrogens is 319 g/mol. The van der Waals surface area contributed by atoms with Crippen LogP contribution < -0.4 is 0 Å². The highest BCUT2D eigenvalue weighted by atomic mass is 31.1. The van der Waals surface area contributed by atoms with Crippen molar-refractivity contribution in [2.45, 2.75) is 124 Å². The minimum atomic E-state index is -2.87. The van der Waals surface area contributed by atoms with E-state index in [2.05, 4.69) is 20.8 Å². The van der Waals surface area contributed by atoms with E-state index in [4.69, 9.17) is 14.4 Å². The highest BCUT2D eigenvalue weighted by molar-refractivity contribution is 7.30. The molecule has 0 aromatic carbocycles. The summed E-state index contributed by atoms with van der Waals surface area (Å²) >= 11 is 0. The van der Waals surface area contributed by atoms with Gasteiger partial charge >= 0.3 is 8.25 Å². The highest BCUT2D eigenvalue weighted by Crippen LogP contribution is 2.14. The standard InChI is InChI=1S/C20H42.HO3P/c1-4-5-6-7-8-9-10-11-12-13-14-15-16-17-18-19-20(2)3;1-4(2)3/h20H,4-19H2,1-3H3;(H-,1,2,3)/p+1. The molecule has 2 N–H and O–H groups in total. The average Bonchev–Trinajstić information content (AvgIpc) is 2.50. The van der Waals surface area contributed by atoms with E-state index in [-0.39, 0.29) is 0 Å². The Kier molecular flexibility index (Phi) is 25.2. The van der Waals surface area contributed by atoms with Gasteiger partial charge < -0.3 is 0 Å². The maximum atomic E-state index is 8.70. The Morgan fingerprint density at radius 1 is 0.625 bits per heavy atom. The Labute approximate surface area is 152 Å². The largest absolute Gasteiger partial charge is 0.692 e. The second-order valence-corrected chi connectivity index (χ2v) is 7.89.